The smallest absolute Gasteiger partial charge is 0.274 e. The molecule has 1 N–H and O–H groups in total. The monoisotopic (exact) mass is 431 g/mol. The molecule has 0 fully saturated rings. The van der Waals surface area contributed by atoms with Crippen molar-refractivity contribution in [1.82, 2.24) is 14.5 Å². The van der Waals surface area contributed by atoms with Gasteiger partial charge in [-0.1, -0.05) is 6.08 Å². The minimum absolute atomic E-state index is 0.0458. The Balaban J connectivity index is 1.40. The SMILES string of the molecule is O=C(Nc1nc(/C=C/c2ccc([N+](=O)[O-])cc2)cs1)c1cccn1Cc1ccncc1. The number of nitrogens with zero attached hydrogens (tertiary/aromatic N) is 4. The third-order valence-corrected chi connectivity index (χ3v) is 5.23. The first-order valence-electron chi connectivity index (χ1n) is 9.32. The van der Waals surface area contributed by atoms with Crippen LogP contribution in [-0.4, -0.2) is 25.4 Å². The molecule has 0 bridgehead atoms. The number of carbonyl (C=O) groups excluding carboxylic acids is 1. The normalized spacial score (nSPS) is 11.0. The summed E-state index contributed by atoms with van der Waals surface area (Å²) >= 11 is 1.33. The number of thiazole rings is 1. The highest BCUT2D eigenvalue weighted by atomic mass is 32.1. The van der Waals surface area contributed by atoms with Crippen LogP contribution >= 0.6 is 11.3 Å². The van der Waals surface area contributed by atoms with Crippen molar-refractivity contribution in [3.63, 3.8) is 0 Å². The summed E-state index contributed by atoms with van der Waals surface area (Å²) in [6.45, 7) is 0.569. The lowest BCUT2D eigenvalue weighted by Gasteiger charge is -2.08. The molecule has 0 aliphatic rings. The van der Waals surface area contributed by atoms with Crippen molar-refractivity contribution in [2.45, 2.75) is 6.54 Å². The Kier molecular flexibility index (Phi) is 5.95. The molecule has 1 aromatic carbocycles. The minimum Gasteiger partial charge on any atom is -0.339 e. The molecule has 0 saturated carbocycles. The van der Waals surface area contributed by atoms with E-state index in [-0.39, 0.29) is 11.6 Å². The van der Waals surface area contributed by atoms with Gasteiger partial charge in [-0.3, -0.25) is 25.2 Å². The predicted octanol–water partition coefficient (Wildman–Crippen LogP) is 4.72. The van der Waals surface area contributed by atoms with E-state index < -0.39 is 4.92 Å². The lowest BCUT2D eigenvalue weighted by Crippen LogP contribution is -2.17. The predicted molar refractivity (Wildman–Crippen MR) is 120 cm³/mol. The average molecular weight is 431 g/mol. The quantitative estimate of drug-likeness (QED) is 0.337. The molecule has 0 spiro atoms. The highest BCUT2D eigenvalue weighted by molar-refractivity contribution is 7.14. The van der Waals surface area contributed by atoms with Crippen molar-refractivity contribution in [3.05, 3.63) is 105 Å². The Morgan fingerprint density at radius 1 is 1.13 bits per heavy atom. The molecule has 4 aromatic rings. The van der Waals surface area contributed by atoms with E-state index in [2.05, 4.69) is 15.3 Å². The van der Waals surface area contributed by atoms with Crippen LogP contribution < -0.4 is 5.32 Å². The van der Waals surface area contributed by atoms with Gasteiger partial charge in [0.15, 0.2) is 5.13 Å². The van der Waals surface area contributed by atoms with Crippen LogP contribution in [0.4, 0.5) is 10.8 Å². The summed E-state index contributed by atoms with van der Waals surface area (Å²) in [7, 11) is 0. The first-order valence-corrected chi connectivity index (χ1v) is 10.2. The molecule has 31 heavy (non-hydrogen) atoms. The lowest BCUT2D eigenvalue weighted by molar-refractivity contribution is -0.384. The number of hydrogen-bond donors (Lipinski definition) is 1. The van der Waals surface area contributed by atoms with Gasteiger partial charge in [-0.15, -0.1) is 11.3 Å². The molecule has 154 valence electrons. The number of pyridine rings is 1. The molecule has 4 rings (SSSR count). The molecule has 8 nitrogen and oxygen atoms in total. The van der Waals surface area contributed by atoms with Gasteiger partial charge in [-0.25, -0.2) is 4.98 Å². The summed E-state index contributed by atoms with van der Waals surface area (Å²) in [5.41, 5.74) is 3.14. The number of nitro benzene ring substituents is 1. The number of non-ortho nitro benzene ring substituents is 1. The third-order valence-electron chi connectivity index (χ3n) is 4.46. The standard InChI is InChI=1S/C22H17N5O3S/c28-21(20-2-1-13-26(20)14-17-9-11-23-12-10-17)25-22-24-18(15-31-22)6-3-16-4-7-19(8-5-16)27(29)30/h1-13,15H,14H2,(H,24,25,28)/b6-3+. The Bertz CT molecular complexity index is 1230. The van der Waals surface area contributed by atoms with Crippen molar-refractivity contribution >= 4 is 40.2 Å². The number of nitrogens with one attached hydrogen (secondary N) is 1. The van der Waals surface area contributed by atoms with Gasteiger partial charge in [-0.05, 0) is 53.6 Å². The van der Waals surface area contributed by atoms with Gasteiger partial charge in [-0.2, -0.15) is 0 Å². The second-order valence-electron chi connectivity index (χ2n) is 6.59. The van der Waals surface area contributed by atoms with Crippen LogP contribution in [0.1, 0.15) is 27.3 Å². The highest BCUT2D eigenvalue weighted by Gasteiger charge is 2.13. The second kappa shape index (κ2) is 9.14. The Labute approximate surface area is 181 Å². The highest BCUT2D eigenvalue weighted by Crippen LogP contribution is 2.20. The van der Waals surface area contributed by atoms with Crippen LogP contribution in [0.2, 0.25) is 0 Å². The van der Waals surface area contributed by atoms with Gasteiger partial charge in [0.05, 0.1) is 10.6 Å². The summed E-state index contributed by atoms with van der Waals surface area (Å²) < 4.78 is 1.87. The largest absolute Gasteiger partial charge is 0.339 e. The summed E-state index contributed by atoms with van der Waals surface area (Å²) in [6.07, 6.45) is 8.90. The van der Waals surface area contributed by atoms with Gasteiger partial charge < -0.3 is 4.57 Å². The van der Waals surface area contributed by atoms with Gasteiger partial charge in [0, 0.05) is 42.6 Å². The first kappa shape index (κ1) is 20.2. The zero-order chi connectivity index (χ0) is 21.6. The number of carbonyl (C=O) groups is 1. The van der Waals surface area contributed by atoms with E-state index in [1.807, 2.05) is 40.4 Å². The van der Waals surface area contributed by atoms with Crippen LogP contribution in [-0.2, 0) is 6.54 Å². The summed E-state index contributed by atoms with van der Waals surface area (Å²) in [4.78, 5) is 31.4. The number of rotatable bonds is 7. The Hall–Kier alpha value is -4.11. The molecule has 0 saturated heterocycles. The summed E-state index contributed by atoms with van der Waals surface area (Å²) in [5.74, 6) is -0.237. The van der Waals surface area contributed by atoms with Crippen LogP contribution in [0.3, 0.4) is 0 Å². The molecular formula is C22H17N5O3S. The molecule has 3 heterocycles. The van der Waals surface area contributed by atoms with E-state index in [0.29, 0.717) is 23.1 Å². The molecular weight excluding hydrogens is 414 g/mol. The van der Waals surface area contributed by atoms with Crippen LogP contribution in [0.15, 0.2) is 72.5 Å². The molecule has 0 aliphatic heterocycles. The fraction of sp³-hybridized carbons (Fsp3) is 0.0455. The summed E-state index contributed by atoms with van der Waals surface area (Å²) in [6, 6.07) is 13.6. The zero-order valence-corrected chi connectivity index (χ0v) is 17.0. The number of benzene rings is 1. The van der Waals surface area contributed by atoms with Crippen molar-refractivity contribution in [1.29, 1.82) is 0 Å². The van der Waals surface area contributed by atoms with E-state index in [0.717, 1.165) is 11.1 Å². The minimum atomic E-state index is -0.434. The lowest BCUT2D eigenvalue weighted by atomic mass is 10.2. The van der Waals surface area contributed by atoms with E-state index >= 15 is 0 Å². The number of nitro groups is 1. The number of anilines is 1. The fourth-order valence-electron chi connectivity index (χ4n) is 2.91. The van der Waals surface area contributed by atoms with Crippen molar-refractivity contribution in [3.8, 4) is 0 Å². The average Bonchev–Trinajstić information content (AvgIpc) is 3.42. The van der Waals surface area contributed by atoms with Gasteiger partial charge in [0.2, 0.25) is 0 Å². The maximum atomic E-state index is 12.7. The van der Waals surface area contributed by atoms with Crippen LogP contribution in [0.25, 0.3) is 12.2 Å². The van der Waals surface area contributed by atoms with E-state index in [1.165, 1.54) is 23.5 Å². The summed E-state index contributed by atoms with van der Waals surface area (Å²) in [5, 5.41) is 15.9. The molecule has 0 radical (unpaired) electrons. The van der Waals surface area contributed by atoms with Gasteiger partial charge in [0.1, 0.15) is 5.69 Å². The molecule has 3 aromatic heterocycles. The maximum absolute atomic E-state index is 12.7. The maximum Gasteiger partial charge on any atom is 0.274 e. The van der Waals surface area contributed by atoms with Crippen molar-refractivity contribution in [2.24, 2.45) is 0 Å². The van der Waals surface area contributed by atoms with Gasteiger partial charge >= 0.3 is 0 Å². The number of hydrogen-bond acceptors (Lipinski definition) is 6. The second-order valence-corrected chi connectivity index (χ2v) is 7.45. The number of aromatic nitrogens is 3. The van der Waals surface area contributed by atoms with Crippen molar-refractivity contribution in [2.75, 3.05) is 5.32 Å². The van der Waals surface area contributed by atoms with Crippen LogP contribution in [0, 0.1) is 10.1 Å². The fourth-order valence-corrected chi connectivity index (χ4v) is 3.59. The molecule has 0 atom stereocenters. The Morgan fingerprint density at radius 3 is 2.65 bits per heavy atom. The molecule has 0 unspecified atom stereocenters. The third kappa shape index (κ3) is 5.09. The topological polar surface area (TPSA) is 103 Å². The van der Waals surface area contributed by atoms with E-state index in [9.17, 15) is 14.9 Å². The molecule has 1 amide bonds. The molecule has 9 heteroatoms. The van der Waals surface area contributed by atoms with E-state index in [1.54, 1.807) is 36.7 Å². The van der Waals surface area contributed by atoms with Crippen molar-refractivity contribution < 1.29 is 9.72 Å². The molecule has 0 aliphatic carbocycles. The number of amides is 1. The Morgan fingerprint density at radius 2 is 1.90 bits per heavy atom. The zero-order valence-electron chi connectivity index (χ0n) is 16.2. The first-order chi connectivity index (χ1) is 15.1. The van der Waals surface area contributed by atoms with Crippen LogP contribution in [0.5, 0.6) is 0 Å². The van der Waals surface area contributed by atoms with E-state index in [4.69, 9.17) is 0 Å². The van der Waals surface area contributed by atoms with Gasteiger partial charge in [0.25, 0.3) is 11.6 Å².